The summed E-state index contributed by atoms with van der Waals surface area (Å²) in [7, 11) is 1.87. The van der Waals surface area contributed by atoms with E-state index in [-0.39, 0.29) is 24.0 Å². The molecule has 1 aliphatic rings. The van der Waals surface area contributed by atoms with Gasteiger partial charge in [0.15, 0.2) is 5.96 Å². The van der Waals surface area contributed by atoms with Gasteiger partial charge >= 0.3 is 0 Å². The molecule has 1 heterocycles. The van der Waals surface area contributed by atoms with Gasteiger partial charge in [0, 0.05) is 37.2 Å². The Bertz CT molecular complexity index is 488. The molecule has 0 bridgehead atoms. The molecule has 118 valence electrons. The predicted octanol–water partition coefficient (Wildman–Crippen LogP) is 3.52. The van der Waals surface area contributed by atoms with Crippen molar-refractivity contribution in [2.24, 2.45) is 4.99 Å². The molecular weight excluding hydrogens is 393 g/mol. The summed E-state index contributed by atoms with van der Waals surface area (Å²) < 4.78 is 0.305. The standard InChI is InChI=1S/C16H25N3S.HI/c1-13-6-5-7-14(10-13)11-18-15(17-4)19-8-9-20-16(2,3)12-19;/h5-7,10H,8-9,11-12H2,1-4H3,(H,17,18);1H. The van der Waals surface area contributed by atoms with Gasteiger partial charge in [0.2, 0.25) is 0 Å². The van der Waals surface area contributed by atoms with Crippen LogP contribution < -0.4 is 5.32 Å². The first-order chi connectivity index (χ1) is 9.50. The van der Waals surface area contributed by atoms with E-state index in [1.54, 1.807) is 0 Å². The van der Waals surface area contributed by atoms with Gasteiger partial charge in [-0.1, -0.05) is 29.8 Å². The number of benzene rings is 1. The third-order valence-corrected chi connectivity index (χ3v) is 4.77. The van der Waals surface area contributed by atoms with Crippen LogP contribution in [0.5, 0.6) is 0 Å². The van der Waals surface area contributed by atoms with Gasteiger partial charge in [0.1, 0.15) is 0 Å². The second-order valence-corrected chi connectivity index (χ2v) is 7.72. The number of aliphatic imine (C=N–C) groups is 1. The van der Waals surface area contributed by atoms with E-state index < -0.39 is 0 Å². The summed E-state index contributed by atoms with van der Waals surface area (Å²) in [6.45, 7) is 9.68. The summed E-state index contributed by atoms with van der Waals surface area (Å²) in [6, 6.07) is 8.61. The Kier molecular flexibility index (Phi) is 7.33. The highest BCUT2D eigenvalue weighted by atomic mass is 127. The minimum absolute atomic E-state index is 0. The zero-order valence-corrected chi connectivity index (χ0v) is 16.5. The SMILES string of the molecule is CN=C(NCc1cccc(C)c1)N1CCSC(C)(C)C1.I. The van der Waals surface area contributed by atoms with E-state index in [2.05, 4.69) is 60.2 Å². The molecule has 0 aromatic heterocycles. The molecule has 0 amide bonds. The van der Waals surface area contributed by atoms with Gasteiger partial charge in [-0.3, -0.25) is 4.99 Å². The van der Waals surface area contributed by atoms with E-state index >= 15 is 0 Å². The Labute approximate surface area is 150 Å². The van der Waals surface area contributed by atoms with Crippen molar-refractivity contribution in [3.05, 3.63) is 35.4 Å². The average molecular weight is 419 g/mol. The lowest BCUT2D eigenvalue weighted by atomic mass is 10.1. The second-order valence-electron chi connectivity index (χ2n) is 5.92. The number of hydrogen-bond acceptors (Lipinski definition) is 2. The van der Waals surface area contributed by atoms with Gasteiger partial charge in [-0.05, 0) is 26.3 Å². The normalized spacial score (nSPS) is 18.1. The number of thioether (sulfide) groups is 1. The third kappa shape index (κ3) is 5.70. The van der Waals surface area contributed by atoms with Crippen LogP contribution in [0.15, 0.2) is 29.3 Å². The molecule has 0 aliphatic carbocycles. The molecule has 21 heavy (non-hydrogen) atoms. The van der Waals surface area contributed by atoms with E-state index in [1.807, 2.05) is 18.8 Å². The summed E-state index contributed by atoms with van der Waals surface area (Å²) in [5.41, 5.74) is 2.60. The summed E-state index contributed by atoms with van der Waals surface area (Å²) >= 11 is 2.04. The summed E-state index contributed by atoms with van der Waals surface area (Å²) in [4.78, 5) is 6.80. The molecule has 0 radical (unpaired) electrons. The molecule has 1 N–H and O–H groups in total. The van der Waals surface area contributed by atoms with Crippen LogP contribution in [0.25, 0.3) is 0 Å². The quantitative estimate of drug-likeness (QED) is 0.452. The zero-order valence-electron chi connectivity index (χ0n) is 13.3. The van der Waals surface area contributed by atoms with Crippen LogP contribution in [0.3, 0.4) is 0 Å². The van der Waals surface area contributed by atoms with Gasteiger partial charge in [0.05, 0.1) is 0 Å². The largest absolute Gasteiger partial charge is 0.352 e. The van der Waals surface area contributed by atoms with E-state index in [1.165, 1.54) is 11.1 Å². The van der Waals surface area contributed by atoms with Crippen LogP contribution >= 0.6 is 35.7 Å². The van der Waals surface area contributed by atoms with Crippen molar-refractivity contribution in [1.29, 1.82) is 0 Å². The molecule has 0 saturated carbocycles. The van der Waals surface area contributed by atoms with Gasteiger partial charge in [-0.2, -0.15) is 11.8 Å². The number of aryl methyl sites for hydroxylation is 1. The minimum Gasteiger partial charge on any atom is -0.352 e. The maximum atomic E-state index is 4.44. The molecule has 1 aliphatic heterocycles. The van der Waals surface area contributed by atoms with Crippen molar-refractivity contribution in [3.8, 4) is 0 Å². The van der Waals surface area contributed by atoms with Crippen LogP contribution in [-0.2, 0) is 6.54 Å². The fraction of sp³-hybridized carbons (Fsp3) is 0.562. The summed E-state index contributed by atoms with van der Waals surface area (Å²) in [6.07, 6.45) is 0. The summed E-state index contributed by atoms with van der Waals surface area (Å²) in [5, 5.41) is 3.49. The van der Waals surface area contributed by atoms with Gasteiger partial charge in [-0.25, -0.2) is 0 Å². The Morgan fingerprint density at radius 2 is 2.19 bits per heavy atom. The first-order valence-corrected chi connectivity index (χ1v) is 8.14. The maximum Gasteiger partial charge on any atom is 0.193 e. The lowest BCUT2D eigenvalue weighted by molar-refractivity contribution is 0.375. The maximum absolute atomic E-state index is 4.44. The number of guanidine groups is 1. The van der Waals surface area contributed by atoms with Crippen molar-refractivity contribution < 1.29 is 0 Å². The molecule has 1 aromatic carbocycles. The molecule has 1 fully saturated rings. The van der Waals surface area contributed by atoms with Crippen molar-refractivity contribution in [1.82, 2.24) is 10.2 Å². The number of nitrogens with one attached hydrogen (secondary N) is 1. The van der Waals surface area contributed by atoms with Crippen LogP contribution in [0.2, 0.25) is 0 Å². The van der Waals surface area contributed by atoms with Crippen LogP contribution in [0.4, 0.5) is 0 Å². The molecule has 1 saturated heterocycles. The van der Waals surface area contributed by atoms with Gasteiger partial charge in [-0.15, -0.1) is 24.0 Å². The van der Waals surface area contributed by atoms with E-state index in [9.17, 15) is 0 Å². The molecule has 0 unspecified atom stereocenters. The highest BCUT2D eigenvalue weighted by Crippen LogP contribution is 2.29. The van der Waals surface area contributed by atoms with Gasteiger partial charge < -0.3 is 10.2 Å². The van der Waals surface area contributed by atoms with Crippen molar-refractivity contribution in [2.75, 3.05) is 25.9 Å². The summed E-state index contributed by atoms with van der Waals surface area (Å²) in [5.74, 6) is 2.18. The Morgan fingerprint density at radius 1 is 1.43 bits per heavy atom. The number of halogens is 1. The molecule has 2 rings (SSSR count). The number of rotatable bonds is 2. The molecular formula is C16H26IN3S. The van der Waals surface area contributed by atoms with Crippen molar-refractivity contribution in [2.45, 2.75) is 32.1 Å². The second kappa shape index (κ2) is 8.27. The highest BCUT2D eigenvalue weighted by Gasteiger charge is 2.28. The number of nitrogens with zero attached hydrogens (tertiary/aromatic N) is 2. The van der Waals surface area contributed by atoms with Crippen molar-refractivity contribution >= 4 is 41.7 Å². The Balaban J connectivity index is 0.00000220. The van der Waals surface area contributed by atoms with E-state index in [4.69, 9.17) is 0 Å². The predicted molar refractivity (Wildman–Crippen MR) is 105 cm³/mol. The highest BCUT2D eigenvalue weighted by molar-refractivity contribution is 14.0. The fourth-order valence-electron chi connectivity index (χ4n) is 2.53. The van der Waals surface area contributed by atoms with Crippen LogP contribution in [-0.4, -0.2) is 41.5 Å². The average Bonchev–Trinajstić information content (AvgIpc) is 2.38. The van der Waals surface area contributed by atoms with E-state index in [0.717, 1.165) is 31.3 Å². The molecule has 5 heteroatoms. The molecule has 0 spiro atoms. The smallest absolute Gasteiger partial charge is 0.193 e. The van der Waals surface area contributed by atoms with Gasteiger partial charge in [0.25, 0.3) is 0 Å². The third-order valence-electron chi connectivity index (χ3n) is 3.47. The zero-order chi connectivity index (χ0) is 14.6. The number of hydrogen-bond donors (Lipinski definition) is 1. The monoisotopic (exact) mass is 419 g/mol. The minimum atomic E-state index is 0. The van der Waals surface area contributed by atoms with E-state index in [0.29, 0.717) is 4.75 Å². The molecule has 3 nitrogen and oxygen atoms in total. The fourth-order valence-corrected chi connectivity index (χ4v) is 3.64. The van der Waals surface area contributed by atoms with Crippen LogP contribution in [0, 0.1) is 6.92 Å². The molecule has 1 aromatic rings. The Morgan fingerprint density at radius 3 is 2.81 bits per heavy atom. The topological polar surface area (TPSA) is 27.6 Å². The molecule has 0 atom stereocenters. The van der Waals surface area contributed by atoms with Crippen LogP contribution in [0.1, 0.15) is 25.0 Å². The Hall–Kier alpha value is -0.430. The van der Waals surface area contributed by atoms with Crippen molar-refractivity contribution in [3.63, 3.8) is 0 Å². The lowest BCUT2D eigenvalue weighted by Gasteiger charge is -2.39. The first kappa shape index (κ1) is 18.6. The first-order valence-electron chi connectivity index (χ1n) is 7.15. The lowest BCUT2D eigenvalue weighted by Crippen LogP contribution is -2.50.